The molecule has 0 aliphatic carbocycles. The van der Waals surface area contributed by atoms with E-state index in [1.54, 1.807) is 0 Å². The lowest BCUT2D eigenvalue weighted by molar-refractivity contribution is -0.167. The summed E-state index contributed by atoms with van der Waals surface area (Å²) in [5.41, 5.74) is 0. The zero-order valence-electron chi connectivity index (χ0n) is 46.2. The van der Waals surface area contributed by atoms with Crippen LogP contribution in [0.25, 0.3) is 0 Å². The van der Waals surface area contributed by atoms with Crippen LogP contribution in [-0.4, -0.2) is 37.2 Å². The Hall–Kier alpha value is -1.85. The van der Waals surface area contributed by atoms with Crippen molar-refractivity contribution in [3.05, 3.63) is 12.2 Å². The van der Waals surface area contributed by atoms with Gasteiger partial charge in [0.25, 0.3) is 0 Å². The predicted molar refractivity (Wildman–Crippen MR) is 293 cm³/mol. The number of unbranched alkanes of at least 4 members (excludes halogenated alkanes) is 44. The molecule has 0 heterocycles. The van der Waals surface area contributed by atoms with E-state index in [-0.39, 0.29) is 31.1 Å². The van der Waals surface area contributed by atoms with Crippen LogP contribution < -0.4 is 0 Å². The quantitative estimate of drug-likeness (QED) is 0.0262. The van der Waals surface area contributed by atoms with Crippen molar-refractivity contribution in [1.82, 2.24) is 0 Å². The summed E-state index contributed by atoms with van der Waals surface area (Å²) in [6.07, 6.45) is 66.8. The summed E-state index contributed by atoms with van der Waals surface area (Å²) in [5.74, 6) is -0.861. The molecule has 0 bridgehead atoms. The van der Waals surface area contributed by atoms with Crippen LogP contribution in [0.4, 0.5) is 0 Å². The van der Waals surface area contributed by atoms with Crippen molar-refractivity contribution in [3.63, 3.8) is 0 Å². The van der Waals surface area contributed by atoms with Crippen LogP contribution in [-0.2, 0) is 28.6 Å². The number of carbonyl (C=O) groups is 3. The highest BCUT2D eigenvalue weighted by Crippen LogP contribution is 2.18. The standard InChI is InChI=1S/C62H118O6/c1-4-7-10-13-16-18-20-22-24-26-27-28-29-30-31-32-33-34-35-36-38-39-41-43-46-49-52-55-61(64)67-58-59(57-66-60(63)54-51-48-45-15-12-9-6-3)68-62(65)56-53-50-47-44-42-40-37-25-23-21-19-17-14-11-8-5-2/h25,37,59H,4-24,26-36,38-58H2,1-3H3/b37-25-. The lowest BCUT2D eigenvalue weighted by Crippen LogP contribution is -2.30. The zero-order valence-corrected chi connectivity index (χ0v) is 46.2. The monoisotopic (exact) mass is 959 g/mol. The van der Waals surface area contributed by atoms with Crippen LogP contribution in [0.15, 0.2) is 12.2 Å². The molecule has 0 rings (SSSR count). The minimum Gasteiger partial charge on any atom is -0.462 e. The van der Waals surface area contributed by atoms with Crippen LogP contribution in [0.1, 0.15) is 348 Å². The van der Waals surface area contributed by atoms with Gasteiger partial charge in [-0.2, -0.15) is 0 Å². The molecule has 0 spiro atoms. The van der Waals surface area contributed by atoms with Crippen LogP contribution in [0.5, 0.6) is 0 Å². The molecule has 0 saturated heterocycles. The molecule has 1 atom stereocenters. The van der Waals surface area contributed by atoms with Gasteiger partial charge in [-0.25, -0.2) is 0 Å². The van der Waals surface area contributed by atoms with Gasteiger partial charge in [-0.15, -0.1) is 0 Å². The zero-order chi connectivity index (χ0) is 49.3. The molecule has 0 N–H and O–H groups in total. The summed E-state index contributed by atoms with van der Waals surface area (Å²) >= 11 is 0. The number of allylic oxidation sites excluding steroid dienone is 2. The van der Waals surface area contributed by atoms with E-state index in [1.807, 2.05) is 0 Å². The molecule has 402 valence electrons. The van der Waals surface area contributed by atoms with E-state index in [9.17, 15) is 14.4 Å². The molecular formula is C62H118O6. The van der Waals surface area contributed by atoms with Crippen molar-refractivity contribution < 1.29 is 28.6 Å². The van der Waals surface area contributed by atoms with Gasteiger partial charge in [0, 0.05) is 19.3 Å². The molecule has 0 radical (unpaired) electrons. The minimum atomic E-state index is -0.768. The first-order valence-corrected chi connectivity index (χ1v) is 30.7. The van der Waals surface area contributed by atoms with E-state index in [2.05, 4.69) is 32.9 Å². The first-order chi connectivity index (χ1) is 33.5. The van der Waals surface area contributed by atoms with Crippen LogP contribution in [0, 0.1) is 0 Å². The second kappa shape index (κ2) is 57.7. The van der Waals surface area contributed by atoms with Crippen molar-refractivity contribution in [2.75, 3.05) is 13.2 Å². The van der Waals surface area contributed by atoms with E-state index < -0.39 is 6.10 Å². The van der Waals surface area contributed by atoms with Gasteiger partial charge in [-0.05, 0) is 44.9 Å². The number of hydrogen-bond donors (Lipinski definition) is 0. The highest BCUT2D eigenvalue weighted by molar-refractivity contribution is 5.71. The summed E-state index contributed by atoms with van der Waals surface area (Å²) in [4.78, 5) is 38.0. The van der Waals surface area contributed by atoms with Crippen molar-refractivity contribution in [1.29, 1.82) is 0 Å². The highest BCUT2D eigenvalue weighted by atomic mass is 16.6. The van der Waals surface area contributed by atoms with Gasteiger partial charge in [-0.1, -0.05) is 296 Å². The van der Waals surface area contributed by atoms with Crippen molar-refractivity contribution in [2.45, 2.75) is 354 Å². The summed E-state index contributed by atoms with van der Waals surface area (Å²) in [6, 6.07) is 0. The van der Waals surface area contributed by atoms with Gasteiger partial charge in [0.1, 0.15) is 13.2 Å². The maximum absolute atomic E-state index is 12.8. The average molecular weight is 960 g/mol. The predicted octanol–water partition coefficient (Wildman–Crippen LogP) is 20.5. The Kier molecular flexibility index (Phi) is 56.2. The second-order valence-electron chi connectivity index (χ2n) is 21.0. The van der Waals surface area contributed by atoms with Crippen molar-refractivity contribution >= 4 is 17.9 Å². The molecule has 0 aromatic heterocycles. The maximum Gasteiger partial charge on any atom is 0.306 e. The Morgan fingerprint density at radius 3 is 0.735 bits per heavy atom. The fourth-order valence-corrected chi connectivity index (χ4v) is 9.38. The normalized spacial score (nSPS) is 12.0. The topological polar surface area (TPSA) is 78.9 Å². The van der Waals surface area contributed by atoms with Crippen molar-refractivity contribution in [3.8, 4) is 0 Å². The van der Waals surface area contributed by atoms with E-state index in [0.29, 0.717) is 19.3 Å². The first-order valence-electron chi connectivity index (χ1n) is 30.7. The number of rotatable bonds is 57. The lowest BCUT2D eigenvalue weighted by Gasteiger charge is -2.18. The number of esters is 3. The Bertz CT molecular complexity index is 1060. The Labute approximate surface area is 424 Å². The lowest BCUT2D eigenvalue weighted by atomic mass is 10.0. The summed E-state index contributed by atoms with van der Waals surface area (Å²) in [5, 5.41) is 0. The summed E-state index contributed by atoms with van der Waals surface area (Å²) in [6.45, 7) is 6.65. The first kappa shape index (κ1) is 66.2. The fraction of sp³-hybridized carbons (Fsp3) is 0.919. The number of ether oxygens (including phenoxy) is 3. The molecule has 0 aliphatic rings. The molecule has 0 fully saturated rings. The van der Waals surface area contributed by atoms with E-state index in [0.717, 1.165) is 64.2 Å². The minimum absolute atomic E-state index is 0.0682. The van der Waals surface area contributed by atoms with Crippen molar-refractivity contribution in [2.24, 2.45) is 0 Å². The molecule has 0 aliphatic heterocycles. The Morgan fingerprint density at radius 2 is 0.485 bits per heavy atom. The van der Waals surface area contributed by atoms with E-state index in [4.69, 9.17) is 14.2 Å². The third-order valence-corrected chi connectivity index (χ3v) is 14.0. The van der Waals surface area contributed by atoms with Gasteiger partial charge in [-0.3, -0.25) is 14.4 Å². The van der Waals surface area contributed by atoms with Gasteiger partial charge in [0.05, 0.1) is 0 Å². The van der Waals surface area contributed by atoms with Gasteiger partial charge in [0.15, 0.2) is 6.10 Å². The molecule has 0 amide bonds. The average Bonchev–Trinajstić information content (AvgIpc) is 3.34. The molecule has 0 aromatic rings. The largest absolute Gasteiger partial charge is 0.462 e. The van der Waals surface area contributed by atoms with E-state index >= 15 is 0 Å². The molecule has 1 unspecified atom stereocenters. The smallest absolute Gasteiger partial charge is 0.306 e. The molecule has 68 heavy (non-hydrogen) atoms. The highest BCUT2D eigenvalue weighted by Gasteiger charge is 2.19. The van der Waals surface area contributed by atoms with Gasteiger partial charge in [0.2, 0.25) is 0 Å². The maximum atomic E-state index is 12.8. The summed E-state index contributed by atoms with van der Waals surface area (Å²) < 4.78 is 16.8. The molecule has 0 aromatic carbocycles. The number of carbonyl (C=O) groups excluding carboxylic acids is 3. The SMILES string of the molecule is CCCCCCCCC/C=C\CCCCCCCC(=O)OC(COC(=O)CCCCCCCCC)COC(=O)CCCCCCCCCCCCCCCCCCCCCCCCCCCCC. The molecule has 0 saturated carbocycles. The van der Waals surface area contributed by atoms with Gasteiger partial charge < -0.3 is 14.2 Å². The Morgan fingerprint density at radius 1 is 0.279 bits per heavy atom. The van der Waals surface area contributed by atoms with Crippen LogP contribution >= 0.6 is 0 Å². The molecule has 6 nitrogen and oxygen atoms in total. The third-order valence-electron chi connectivity index (χ3n) is 14.0. The second-order valence-corrected chi connectivity index (χ2v) is 21.0. The van der Waals surface area contributed by atoms with E-state index in [1.165, 1.54) is 244 Å². The summed E-state index contributed by atoms with van der Waals surface area (Å²) in [7, 11) is 0. The number of hydrogen-bond acceptors (Lipinski definition) is 6. The van der Waals surface area contributed by atoms with Crippen LogP contribution in [0.2, 0.25) is 0 Å². The third kappa shape index (κ3) is 55.1. The Balaban J connectivity index is 4.03. The molecular weight excluding hydrogens is 841 g/mol. The fourth-order valence-electron chi connectivity index (χ4n) is 9.38. The van der Waals surface area contributed by atoms with Gasteiger partial charge >= 0.3 is 17.9 Å². The molecule has 6 heteroatoms. The van der Waals surface area contributed by atoms with Crippen LogP contribution in [0.3, 0.4) is 0 Å².